The van der Waals surface area contributed by atoms with Crippen molar-refractivity contribution in [2.24, 2.45) is 0 Å². The molecule has 0 spiro atoms. The first-order chi connectivity index (χ1) is 12.0. The molecule has 25 heavy (non-hydrogen) atoms. The first-order valence-electron chi connectivity index (χ1n) is 8.10. The first kappa shape index (κ1) is 18.6. The number of carbonyl (C=O) groups excluding carboxylic acids is 1. The number of methoxy groups -OCH3 is 3. The summed E-state index contributed by atoms with van der Waals surface area (Å²) in [5.41, 5.74) is 1.86. The van der Waals surface area contributed by atoms with Crippen LogP contribution in [0.2, 0.25) is 0 Å². The van der Waals surface area contributed by atoms with Crippen LogP contribution in [0.1, 0.15) is 24.1 Å². The normalized spacial score (nSPS) is 11.6. The number of nitrogens with zero attached hydrogens (tertiary/aromatic N) is 1. The maximum Gasteiger partial charge on any atom is 0.227 e. The Kier molecular flexibility index (Phi) is 6.28. The molecule has 0 radical (unpaired) electrons. The highest BCUT2D eigenvalue weighted by molar-refractivity contribution is 5.80. The highest BCUT2D eigenvalue weighted by Gasteiger charge is 2.19. The molecule has 0 aliphatic heterocycles. The maximum atomic E-state index is 12.7. The topological polar surface area (TPSA) is 48.0 Å². The summed E-state index contributed by atoms with van der Waals surface area (Å²) >= 11 is 0. The SMILES string of the molecule is COc1ccc(C(C)N(C)C(=O)Cc2cc(OC)ccc2OC)cc1. The highest BCUT2D eigenvalue weighted by Crippen LogP contribution is 2.27. The molecule has 0 aromatic heterocycles. The maximum absolute atomic E-state index is 12.7. The van der Waals surface area contributed by atoms with Crippen molar-refractivity contribution in [2.45, 2.75) is 19.4 Å². The van der Waals surface area contributed by atoms with Crippen molar-refractivity contribution in [1.29, 1.82) is 0 Å². The molecule has 0 N–H and O–H groups in total. The van der Waals surface area contributed by atoms with E-state index < -0.39 is 0 Å². The summed E-state index contributed by atoms with van der Waals surface area (Å²) in [6, 6.07) is 13.2. The largest absolute Gasteiger partial charge is 0.497 e. The Hall–Kier alpha value is -2.69. The lowest BCUT2D eigenvalue weighted by Crippen LogP contribution is -2.31. The third-order valence-corrected chi connectivity index (χ3v) is 4.40. The van der Waals surface area contributed by atoms with Gasteiger partial charge in [-0.2, -0.15) is 0 Å². The van der Waals surface area contributed by atoms with Gasteiger partial charge in [0.1, 0.15) is 17.2 Å². The minimum Gasteiger partial charge on any atom is -0.497 e. The molecule has 5 nitrogen and oxygen atoms in total. The molecule has 0 saturated heterocycles. The lowest BCUT2D eigenvalue weighted by atomic mass is 10.1. The Morgan fingerprint density at radius 3 is 2.12 bits per heavy atom. The van der Waals surface area contributed by atoms with Crippen molar-refractivity contribution in [1.82, 2.24) is 4.90 Å². The Balaban J connectivity index is 2.13. The predicted molar refractivity (Wildman–Crippen MR) is 97.4 cm³/mol. The lowest BCUT2D eigenvalue weighted by Gasteiger charge is -2.26. The van der Waals surface area contributed by atoms with Crippen LogP contribution in [-0.2, 0) is 11.2 Å². The summed E-state index contributed by atoms with van der Waals surface area (Å²) in [5, 5.41) is 0. The van der Waals surface area contributed by atoms with E-state index >= 15 is 0 Å². The summed E-state index contributed by atoms with van der Waals surface area (Å²) in [5.74, 6) is 2.19. The van der Waals surface area contributed by atoms with Crippen LogP contribution >= 0.6 is 0 Å². The zero-order valence-electron chi connectivity index (χ0n) is 15.4. The van der Waals surface area contributed by atoms with Crippen LogP contribution in [0.3, 0.4) is 0 Å². The summed E-state index contributed by atoms with van der Waals surface area (Å²) in [6.07, 6.45) is 0.247. The molecule has 2 aromatic carbocycles. The van der Waals surface area contributed by atoms with Gasteiger partial charge in [0, 0.05) is 12.6 Å². The lowest BCUT2D eigenvalue weighted by molar-refractivity contribution is -0.131. The van der Waals surface area contributed by atoms with Gasteiger partial charge in [-0.1, -0.05) is 12.1 Å². The summed E-state index contributed by atoms with van der Waals surface area (Å²) in [7, 11) is 6.64. The average Bonchev–Trinajstić information content (AvgIpc) is 2.66. The second-order valence-electron chi connectivity index (χ2n) is 5.81. The fourth-order valence-corrected chi connectivity index (χ4v) is 2.63. The number of rotatable bonds is 7. The van der Waals surface area contributed by atoms with E-state index in [0.717, 1.165) is 16.9 Å². The van der Waals surface area contributed by atoms with E-state index in [0.29, 0.717) is 11.5 Å². The van der Waals surface area contributed by atoms with E-state index in [2.05, 4.69) is 0 Å². The second-order valence-corrected chi connectivity index (χ2v) is 5.81. The molecule has 2 aromatic rings. The number of ether oxygens (including phenoxy) is 3. The third-order valence-electron chi connectivity index (χ3n) is 4.40. The van der Waals surface area contributed by atoms with Crippen LogP contribution < -0.4 is 14.2 Å². The molecule has 1 amide bonds. The number of carbonyl (C=O) groups is 1. The molecule has 0 aliphatic rings. The van der Waals surface area contributed by atoms with E-state index in [9.17, 15) is 4.79 Å². The van der Waals surface area contributed by atoms with E-state index in [1.807, 2.05) is 56.4 Å². The number of likely N-dealkylation sites (N-methyl/N-ethyl adjacent to an activating group) is 1. The van der Waals surface area contributed by atoms with Gasteiger partial charge < -0.3 is 19.1 Å². The van der Waals surface area contributed by atoms with Crippen LogP contribution in [0.25, 0.3) is 0 Å². The Morgan fingerprint density at radius 1 is 0.960 bits per heavy atom. The summed E-state index contributed by atoms with van der Waals surface area (Å²) in [4.78, 5) is 14.5. The van der Waals surface area contributed by atoms with Gasteiger partial charge in [0.25, 0.3) is 0 Å². The van der Waals surface area contributed by atoms with Gasteiger partial charge in [-0.15, -0.1) is 0 Å². The number of hydrogen-bond donors (Lipinski definition) is 0. The molecule has 134 valence electrons. The third kappa shape index (κ3) is 4.44. The fourth-order valence-electron chi connectivity index (χ4n) is 2.63. The van der Waals surface area contributed by atoms with Crippen molar-refractivity contribution in [3.05, 3.63) is 53.6 Å². The van der Waals surface area contributed by atoms with Crippen molar-refractivity contribution >= 4 is 5.91 Å². The minimum atomic E-state index is -0.0463. The van der Waals surface area contributed by atoms with Crippen LogP contribution in [-0.4, -0.2) is 39.2 Å². The molecule has 0 saturated carbocycles. The Bertz CT molecular complexity index is 712. The fraction of sp³-hybridized carbons (Fsp3) is 0.350. The minimum absolute atomic E-state index is 0.00914. The van der Waals surface area contributed by atoms with Gasteiger partial charge in [-0.05, 0) is 42.8 Å². The van der Waals surface area contributed by atoms with E-state index in [1.165, 1.54) is 0 Å². The molecule has 0 heterocycles. The molecule has 0 bridgehead atoms. The van der Waals surface area contributed by atoms with Gasteiger partial charge in [-0.3, -0.25) is 4.79 Å². The predicted octanol–water partition coefficient (Wildman–Crippen LogP) is 3.47. The molecule has 5 heteroatoms. The number of benzene rings is 2. The molecule has 1 unspecified atom stereocenters. The molecular formula is C20H25NO4. The molecular weight excluding hydrogens is 318 g/mol. The van der Waals surface area contributed by atoms with Crippen LogP contribution in [0.5, 0.6) is 17.2 Å². The zero-order chi connectivity index (χ0) is 18.4. The van der Waals surface area contributed by atoms with Crippen LogP contribution in [0.15, 0.2) is 42.5 Å². The van der Waals surface area contributed by atoms with E-state index in [1.54, 1.807) is 26.2 Å². The highest BCUT2D eigenvalue weighted by atomic mass is 16.5. The van der Waals surface area contributed by atoms with E-state index in [-0.39, 0.29) is 18.4 Å². The number of hydrogen-bond acceptors (Lipinski definition) is 4. The zero-order valence-corrected chi connectivity index (χ0v) is 15.4. The van der Waals surface area contributed by atoms with Gasteiger partial charge in [0.05, 0.1) is 33.8 Å². The standard InChI is InChI=1S/C20H25NO4/c1-14(15-6-8-17(23-3)9-7-15)21(2)20(22)13-16-12-18(24-4)10-11-19(16)25-5/h6-12,14H,13H2,1-5H3. The van der Waals surface area contributed by atoms with Gasteiger partial charge in [0.15, 0.2) is 0 Å². The Labute approximate surface area is 149 Å². The average molecular weight is 343 g/mol. The summed E-state index contributed by atoms with van der Waals surface area (Å²) in [6.45, 7) is 2.00. The smallest absolute Gasteiger partial charge is 0.227 e. The molecule has 0 fully saturated rings. The van der Waals surface area contributed by atoms with Gasteiger partial charge >= 0.3 is 0 Å². The monoisotopic (exact) mass is 343 g/mol. The van der Waals surface area contributed by atoms with Gasteiger partial charge in [-0.25, -0.2) is 0 Å². The molecule has 1 atom stereocenters. The Morgan fingerprint density at radius 2 is 1.56 bits per heavy atom. The molecule has 2 rings (SSSR count). The van der Waals surface area contributed by atoms with Crippen LogP contribution in [0, 0.1) is 0 Å². The second kappa shape index (κ2) is 8.42. The first-order valence-corrected chi connectivity index (χ1v) is 8.10. The van der Waals surface area contributed by atoms with Crippen LogP contribution in [0.4, 0.5) is 0 Å². The number of amides is 1. The van der Waals surface area contributed by atoms with Crippen molar-refractivity contribution in [3.63, 3.8) is 0 Å². The van der Waals surface area contributed by atoms with Gasteiger partial charge in [0.2, 0.25) is 5.91 Å². The molecule has 0 aliphatic carbocycles. The summed E-state index contributed by atoms with van der Waals surface area (Å²) < 4.78 is 15.8. The van der Waals surface area contributed by atoms with Crippen molar-refractivity contribution in [3.8, 4) is 17.2 Å². The van der Waals surface area contributed by atoms with E-state index in [4.69, 9.17) is 14.2 Å². The quantitative estimate of drug-likeness (QED) is 0.772. The van der Waals surface area contributed by atoms with Crippen molar-refractivity contribution < 1.29 is 19.0 Å². The van der Waals surface area contributed by atoms with Crippen molar-refractivity contribution in [2.75, 3.05) is 28.4 Å².